The van der Waals surface area contributed by atoms with Gasteiger partial charge in [0.05, 0.1) is 6.42 Å². The van der Waals surface area contributed by atoms with Gasteiger partial charge in [0, 0.05) is 23.0 Å². The Morgan fingerprint density at radius 2 is 1.61 bits per heavy atom. The number of carbonyl (C=O) groups excluding carboxylic acids is 2. The number of carbonyl (C=O) groups is 2. The summed E-state index contributed by atoms with van der Waals surface area (Å²) in [5, 5.41) is 6.81. The molecule has 1 aliphatic rings. The van der Waals surface area contributed by atoms with Gasteiger partial charge in [0.1, 0.15) is 0 Å². The van der Waals surface area contributed by atoms with Gasteiger partial charge in [-0.2, -0.15) is 5.10 Å². The lowest BCUT2D eigenvalue weighted by atomic mass is 10.0. The Hall–Kier alpha value is -4.13. The van der Waals surface area contributed by atoms with Crippen LogP contribution in [-0.4, -0.2) is 24.3 Å². The molecule has 0 bridgehead atoms. The van der Waals surface area contributed by atoms with Crippen molar-refractivity contribution in [3.63, 3.8) is 0 Å². The fourth-order valence-corrected chi connectivity index (χ4v) is 3.11. The summed E-state index contributed by atoms with van der Waals surface area (Å²) < 4.78 is 10.5. The number of hydrogen-bond acceptors (Lipinski definition) is 5. The van der Waals surface area contributed by atoms with Gasteiger partial charge in [-0.25, -0.2) is 5.43 Å². The predicted molar refractivity (Wildman–Crippen MR) is 118 cm³/mol. The van der Waals surface area contributed by atoms with E-state index in [1.807, 2.05) is 42.5 Å². The molecule has 7 heteroatoms. The fraction of sp³-hybridized carbons (Fsp3) is 0.125. The van der Waals surface area contributed by atoms with Crippen molar-refractivity contribution < 1.29 is 19.1 Å². The number of ether oxygens (including phenoxy) is 2. The second-order valence-electron chi connectivity index (χ2n) is 7.02. The van der Waals surface area contributed by atoms with Gasteiger partial charge in [-0.3, -0.25) is 9.59 Å². The van der Waals surface area contributed by atoms with Crippen LogP contribution in [-0.2, 0) is 4.79 Å². The van der Waals surface area contributed by atoms with Crippen LogP contribution in [0.1, 0.15) is 23.7 Å². The van der Waals surface area contributed by atoms with Gasteiger partial charge >= 0.3 is 0 Å². The summed E-state index contributed by atoms with van der Waals surface area (Å²) in [5.74, 6) is 0.653. The first-order valence-electron chi connectivity index (χ1n) is 9.77. The molecular formula is C24H21N3O4. The first kappa shape index (κ1) is 20.2. The molecule has 1 aliphatic heterocycles. The Morgan fingerprint density at radius 1 is 0.903 bits per heavy atom. The molecular weight excluding hydrogens is 394 g/mol. The van der Waals surface area contributed by atoms with Crippen molar-refractivity contribution in [3.05, 3.63) is 78.4 Å². The minimum atomic E-state index is -0.338. The topological polar surface area (TPSA) is 89.0 Å². The van der Waals surface area contributed by atoms with E-state index in [0.29, 0.717) is 28.5 Å². The molecule has 0 unspecified atom stereocenters. The van der Waals surface area contributed by atoms with Crippen molar-refractivity contribution in [1.29, 1.82) is 0 Å². The van der Waals surface area contributed by atoms with Crippen LogP contribution in [0.15, 0.2) is 77.9 Å². The molecule has 0 spiro atoms. The third kappa shape index (κ3) is 5.08. The van der Waals surface area contributed by atoms with E-state index >= 15 is 0 Å². The van der Waals surface area contributed by atoms with E-state index < -0.39 is 0 Å². The van der Waals surface area contributed by atoms with E-state index in [0.717, 1.165) is 11.1 Å². The maximum atomic E-state index is 12.3. The number of nitrogens with one attached hydrogen (secondary N) is 2. The Morgan fingerprint density at radius 3 is 2.39 bits per heavy atom. The molecule has 0 atom stereocenters. The number of rotatable bonds is 6. The number of anilines is 1. The van der Waals surface area contributed by atoms with Crippen molar-refractivity contribution in [3.8, 4) is 22.6 Å². The smallest absolute Gasteiger partial charge is 0.271 e. The maximum Gasteiger partial charge on any atom is 0.271 e. The molecule has 31 heavy (non-hydrogen) atoms. The number of benzene rings is 3. The lowest BCUT2D eigenvalue weighted by Gasteiger charge is -2.07. The zero-order valence-electron chi connectivity index (χ0n) is 16.9. The Balaban J connectivity index is 1.30. The minimum Gasteiger partial charge on any atom is -0.454 e. The second kappa shape index (κ2) is 9.13. The van der Waals surface area contributed by atoms with Gasteiger partial charge in [0.25, 0.3) is 5.91 Å². The van der Waals surface area contributed by atoms with Crippen LogP contribution in [0.5, 0.6) is 11.5 Å². The minimum absolute atomic E-state index is 0.0433. The molecule has 0 saturated heterocycles. The maximum absolute atomic E-state index is 12.3. The first-order valence-corrected chi connectivity index (χ1v) is 9.77. The Bertz CT molecular complexity index is 1130. The highest BCUT2D eigenvalue weighted by atomic mass is 16.7. The monoisotopic (exact) mass is 415 g/mol. The Labute approximate surface area is 179 Å². The molecule has 1 heterocycles. The fourth-order valence-electron chi connectivity index (χ4n) is 3.11. The number of hydrogen-bond donors (Lipinski definition) is 2. The summed E-state index contributed by atoms with van der Waals surface area (Å²) in [7, 11) is 0. The molecule has 0 aromatic heterocycles. The van der Waals surface area contributed by atoms with Crippen molar-refractivity contribution in [1.82, 2.24) is 5.43 Å². The van der Waals surface area contributed by atoms with Crippen molar-refractivity contribution >= 4 is 23.2 Å². The third-order valence-corrected chi connectivity index (χ3v) is 4.68. The molecule has 0 fully saturated rings. The zero-order valence-corrected chi connectivity index (χ0v) is 16.9. The summed E-state index contributed by atoms with van der Waals surface area (Å²) in [4.78, 5) is 24.6. The first-order chi connectivity index (χ1) is 15.1. The van der Waals surface area contributed by atoms with Crippen LogP contribution in [0.25, 0.3) is 11.1 Å². The SMILES string of the molecule is C/C(CC(=O)Nc1ccc2c(c1)OCO2)=N/NC(=O)c1ccc(-c2ccccc2)cc1. The molecule has 156 valence electrons. The number of fused-ring (bicyclic) bond motifs is 1. The predicted octanol–water partition coefficient (Wildman–Crippen LogP) is 4.22. The van der Waals surface area contributed by atoms with Crippen molar-refractivity contribution in [2.75, 3.05) is 12.1 Å². The van der Waals surface area contributed by atoms with Gasteiger partial charge in [-0.05, 0) is 42.3 Å². The third-order valence-electron chi connectivity index (χ3n) is 4.68. The molecule has 2 N–H and O–H groups in total. The number of amides is 2. The average molecular weight is 415 g/mol. The molecule has 3 aromatic carbocycles. The van der Waals surface area contributed by atoms with Crippen LogP contribution < -0.4 is 20.2 Å². The highest BCUT2D eigenvalue weighted by Crippen LogP contribution is 2.34. The molecule has 0 aliphatic carbocycles. The summed E-state index contributed by atoms with van der Waals surface area (Å²) >= 11 is 0. The second-order valence-corrected chi connectivity index (χ2v) is 7.02. The van der Waals surface area contributed by atoms with Gasteiger partial charge in [0.15, 0.2) is 11.5 Å². The van der Waals surface area contributed by atoms with Crippen LogP contribution >= 0.6 is 0 Å². The van der Waals surface area contributed by atoms with Crippen LogP contribution in [0.3, 0.4) is 0 Å². The molecule has 4 rings (SSSR count). The highest BCUT2D eigenvalue weighted by Gasteiger charge is 2.14. The highest BCUT2D eigenvalue weighted by molar-refractivity contribution is 6.06. The van der Waals surface area contributed by atoms with E-state index in [4.69, 9.17) is 9.47 Å². The van der Waals surface area contributed by atoms with Crippen LogP contribution in [0.2, 0.25) is 0 Å². The molecule has 7 nitrogen and oxygen atoms in total. The van der Waals surface area contributed by atoms with E-state index in [2.05, 4.69) is 15.8 Å². The lowest BCUT2D eigenvalue weighted by molar-refractivity contribution is -0.115. The largest absolute Gasteiger partial charge is 0.454 e. The summed E-state index contributed by atoms with van der Waals surface area (Å²) in [5.41, 5.74) is 6.17. The van der Waals surface area contributed by atoms with Crippen LogP contribution in [0.4, 0.5) is 5.69 Å². The molecule has 2 amide bonds. The number of hydrazone groups is 1. The van der Waals surface area contributed by atoms with Gasteiger partial charge in [0.2, 0.25) is 12.7 Å². The summed E-state index contributed by atoms with van der Waals surface area (Å²) in [6.45, 7) is 1.85. The zero-order chi connectivity index (χ0) is 21.6. The van der Waals surface area contributed by atoms with E-state index in [-0.39, 0.29) is 25.0 Å². The molecule has 3 aromatic rings. The van der Waals surface area contributed by atoms with E-state index in [9.17, 15) is 9.59 Å². The average Bonchev–Trinajstić information content (AvgIpc) is 3.26. The van der Waals surface area contributed by atoms with E-state index in [1.54, 1.807) is 37.3 Å². The quantitative estimate of drug-likeness (QED) is 0.466. The van der Waals surface area contributed by atoms with E-state index in [1.165, 1.54) is 0 Å². The van der Waals surface area contributed by atoms with Crippen molar-refractivity contribution in [2.45, 2.75) is 13.3 Å². The van der Waals surface area contributed by atoms with Gasteiger partial charge < -0.3 is 14.8 Å². The standard InChI is InChI=1S/C24H21N3O4/c1-16(13-23(28)25-20-11-12-21-22(14-20)31-15-30-21)26-27-24(29)19-9-7-18(8-10-19)17-5-3-2-4-6-17/h2-12,14H,13,15H2,1H3,(H,25,28)(H,27,29)/b26-16-. The summed E-state index contributed by atoms with van der Waals surface area (Å²) in [6.07, 6.45) is 0.0433. The molecule has 0 saturated carbocycles. The molecule has 0 radical (unpaired) electrons. The summed E-state index contributed by atoms with van der Waals surface area (Å²) in [6, 6.07) is 22.4. The Kier molecular flexibility index (Phi) is 5.93. The lowest BCUT2D eigenvalue weighted by Crippen LogP contribution is -2.21. The normalized spacial score (nSPS) is 12.4. The van der Waals surface area contributed by atoms with Crippen LogP contribution in [0, 0.1) is 0 Å². The van der Waals surface area contributed by atoms with Gasteiger partial charge in [-0.1, -0.05) is 42.5 Å². The van der Waals surface area contributed by atoms with Crippen molar-refractivity contribution in [2.24, 2.45) is 5.10 Å². The van der Waals surface area contributed by atoms with Gasteiger partial charge in [-0.15, -0.1) is 0 Å². The number of nitrogens with zero attached hydrogens (tertiary/aromatic N) is 1.